The Balaban J connectivity index is 0.00000147. The summed E-state index contributed by atoms with van der Waals surface area (Å²) in [6, 6.07) is 6.42. The van der Waals surface area contributed by atoms with Crippen molar-refractivity contribution in [2.45, 2.75) is 31.1 Å². The zero-order valence-electron chi connectivity index (χ0n) is 11.0. The zero-order chi connectivity index (χ0) is 13.3. The highest BCUT2D eigenvalue weighted by Gasteiger charge is 2.39. The molecule has 1 fully saturated rings. The van der Waals surface area contributed by atoms with E-state index in [-0.39, 0.29) is 23.6 Å². The molecule has 1 aromatic carbocycles. The average molecular weight is 298 g/mol. The van der Waals surface area contributed by atoms with Crippen LogP contribution in [0, 0.1) is 5.82 Å². The van der Waals surface area contributed by atoms with Gasteiger partial charge in [0.2, 0.25) is 11.7 Å². The lowest BCUT2D eigenvalue weighted by atomic mass is 9.86. The maximum atomic E-state index is 13.7. The predicted molar refractivity (Wildman–Crippen MR) is 76.1 cm³/mol. The Kier molecular flexibility index (Phi) is 4.40. The van der Waals surface area contributed by atoms with Crippen LogP contribution in [0.1, 0.15) is 31.6 Å². The Morgan fingerprint density at radius 3 is 2.60 bits per heavy atom. The number of hydrogen-bond donors (Lipinski definition) is 1. The van der Waals surface area contributed by atoms with Gasteiger partial charge in [-0.2, -0.15) is 4.98 Å². The quantitative estimate of drug-likeness (QED) is 0.945. The smallest absolute Gasteiger partial charge is 0.234 e. The summed E-state index contributed by atoms with van der Waals surface area (Å²) in [4.78, 5) is 4.37. The molecule has 0 saturated heterocycles. The van der Waals surface area contributed by atoms with Gasteiger partial charge >= 0.3 is 0 Å². The molecule has 1 aliphatic rings. The van der Waals surface area contributed by atoms with Crippen molar-refractivity contribution in [3.63, 3.8) is 0 Å². The first-order valence-electron chi connectivity index (χ1n) is 6.54. The predicted octanol–water partition coefficient (Wildman–Crippen LogP) is 3.07. The van der Waals surface area contributed by atoms with E-state index in [1.807, 2.05) is 0 Å². The fourth-order valence-corrected chi connectivity index (χ4v) is 2.75. The molecule has 0 radical (unpaired) electrons. The van der Waals surface area contributed by atoms with Crippen LogP contribution in [0.25, 0.3) is 11.4 Å². The van der Waals surface area contributed by atoms with Gasteiger partial charge in [-0.15, -0.1) is 12.4 Å². The van der Waals surface area contributed by atoms with Crippen molar-refractivity contribution in [3.05, 3.63) is 36.0 Å². The number of aromatic nitrogens is 2. The lowest BCUT2D eigenvalue weighted by Crippen LogP contribution is -2.32. The van der Waals surface area contributed by atoms with Crippen LogP contribution in [-0.2, 0) is 5.41 Å². The Morgan fingerprint density at radius 2 is 1.95 bits per heavy atom. The van der Waals surface area contributed by atoms with Crippen molar-refractivity contribution in [2.24, 2.45) is 5.73 Å². The molecular weight excluding hydrogens is 281 g/mol. The maximum absolute atomic E-state index is 13.7. The van der Waals surface area contributed by atoms with E-state index in [9.17, 15) is 4.39 Å². The molecule has 0 amide bonds. The highest BCUT2D eigenvalue weighted by molar-refractivity contribution is 5.85. The lowest BCUT2D eigenvalue weighted by molar-refractivity contribution is 0.284. The second-order valence-electron chi connectivity index (χ2n) is 5.09. The van der Waals surface area contributed by atoms with E-state index in [4.69, 9.17) is 10.3 Å². The van der Waals surface area contributed by atoms with Gasteiger partial charge < -0.3 is 10.3 Å². The van der Waals surface area contributed by atoms with Gasteiger partial charge in [-0.25, -0.2) is 4.39 Å². The van der Waals surface area contributed by atoms with Crippen LogP contribution in [0.15, 0.2) is 28.8 Å². The minimum absolute atomic E-state index is 0. The van der Waals surface area contributed by atoms with Crippen LogP contribution in [0.3, 0.4) is 0 Å². The van der Waals surface area contributed by atoms with E-state index in [2.05, 4.69) is 10.1 Å². The number of halogens is 2. The summed E-state index contributed by atoms with van der Waals surface area (Å²) in [5.41, 5.74) is 6.03. The molecule has 1 saturated carbocycles. The van der Waals surface area contributed by atoms with Crippen LogP contribution in [0.5, 0.6) is 0 Å². The van der Waals surface area contributed by atoms with E-state index >= 15 is 0 Å². The van der Waals surface area contributed by atoms with Gasteiger partial charge in [0.05, 0.1) is 11.0 Å². The van der Waals surface area contributed by atoms with Crippen LogP contribution < -0.4 is 5.73 Å². The van der Waals surface area contributed by atoms with Gasteiger partial charge in [-0.1, -0.05) is 30.1 Å². The summed E-state index contributed by atoms with van der Waals surface area (Å²) in [5, 5.41) is 3.90. The molecule has 3 rings (SSSR count). The molecule has 6 heteroatoms. The highest BCUT2D eigenvalue weighted by atomic mass is 35.5. The standard InChI is InChI=1S/C14H16FN3O.ClH/c15-11-6-2-1-5-10(11)12-17-13(19-18-12)14(9-16)7-3-4-8-14;/h1-2,5-6H,3-4,7-9,16H2;1H. The third-order valence-electron chi connectivity index (χ3n) is 3.95. The number of nitrogens with two attached hydrogens (primary N) is 1. The molecule has 108 valence electrons. The zero-order valence-corrected chi connectivity index (χ0v) is 11.8. The van der Waals surface area contributed by atoms with Crippen LogP contribution in [-0.4, -0.2) is 16.7 Å². The molecule has 2 N–H and O–H groups in total. The summed E-state index contributed by atoms with van der Waals surface area (Å²) in [6.07, 6.45) is 4.16. The van der Waals surface area contributed by atoms with Gasteiger partial charge in [0.1, 0.15) is 5.82 Å². The first-order chi connectivity index (χ1) is 9.25. The molecular formula is C14H17ClFN3O. The number of hydrogen-bond acceptors (Lipinski definition) is 4. The summed E-state index contributed by atoms with van der Waals surface area (Å²) < 4.78 is 19.0. The topological polar surface area (TPSA) is 64.9 Å². The minimum atomic E-state index is -0.344. The minimum Gasteiger partial charge on any atom is -0.338 e. The summed E-state index contributed by atoms with van der Waals surface area (Å²) >= 11 is 0. The SMILES string of the molecule is Cl.NCC1(c2nc(-c3ccccc3F)no2)CCCC1. The summed E-state index contributed by atoms with van der Waals surface area (Å²) in [5.74, 6) is 0.502. The highest BCUT2D eigenvalue weighted by Crippen LogP contribution is 2.39. The van der Waals surface area contributed by atoms with Crippen LogP contribution in [0.2, 0.25) is 0 Å². The fraction of sp³-hybridized carbons (Fsp3) is 0.429. The van der Waals surface area contributed by atoms with Gasteiger partial charge in [0.25, 0.3) is 0 Å². The molecule has 20 heavy (non-hydrogen) atoms. The summed E-state index contributed by atoms with van der Waals surface area (Å²) in [6.45, 7) is 0.492. The molecule has 0 unspecified atom stereocenters. The van der Waals surface area contributed by atoms with Gasteiger partial charge in [-0.3, -0.25) is 0 Å². The lowest BCUT2D eigenvalue weighted by Gasteiger charge is -2.21. The number of nitrogens with zero attached hydrogens (tertiary/aromatic N) is 2. The Morgan fingerprint density at radius 1 is 1.25 bits per heavy atom. The normalized spacial score (nSPS) is 16.9. The van der Waals surface area contributed by atoms with Crippen molar-refractivity contribution >= 4 is 12.4 Å². The second-order valence-corrected chi connectivity index (χ2v) is 5.09. The van der Waals surface area contributed by atoms with Gasteiger partial charge in [-0.05, 0) is 25.0 Å². The van der Waals surface area contributed by atoms with Crippen LogP contribution in [0.4, 0.5) is 4.39 Å². The summed E-state index contributed by atoms with van der Waals surface area (Å²) in [7, 11) is 0. The molecule has 0 aliphatic heterocycles. The third kappa shape index (κ3) is 2.43. The third-order valence-corrected chi connectivity index (χ3v) is 3.95. The second kappa shape index (κ2) is 5.89. The first-order valence-corrected chi connectivity index (χ1v) is 6.54. The Hall–Kier alpha value is -1.46. The van der Waals surface area contributed by atoms with Crippen molar-refractivity contribution in [2.75, 3.05) is 6.54 Å². The molecule has 0 bridgehead atoms. The molecule has 1 heterocycles. The average Bonchev–Trinajstić information content (AvgIpc) is 3.09. The molecule has 1 aromatic heterocycles. The van der Waals surface area contributed by atoms with Gasteiger partial charge in [0, 0.05) is 6.54 Å². The van der Waals surface area contributed by atoms with Crippen molar-refractivity contribution < 1.29 is 8.91 Å². The molecule has 4 nitrogen and oxygen atoms in total. The van der Waals surface area contributed by atoms with E-state index in [0.717, 1.165) is 25.7 Å². The molecule has 2 aromatic rings. The molecule has 0 spiro atoms. The Labute approximate surface area is 123 Å². The molecule has 1 aliphatic carbocycles. The Bertz CT molecular complexity index is 581. The van der Waals surface area contributed by atoms with Gasteiger partial charge in [0.15, 0.2) is 0 Å². The van der Waals surface area contributed by atoms with E-state index in [0.29, 0.717) is 23.8 Å². The van der Waals surface area contributed by atoms with Crippen LogP contribution >= 0.6 is 12.4 Å². The number of benzene rings is 1. The van der Waals surface area contributed by atoms with Crippen molar-refractivity contribution in [1.29, 1.82) is 0 Å². The monoisotopic (exact) mass is 297 g/mol. The van der Waals surface area contributed by atoms with E-state index in [1.54, 1.807) is 18.2 Å². The fourth-order valence-electron chi connectivity index (χ4n) is 2.75. The van der Waals surface area contributed by atoms with E-state index in [1.165, 1.54) is 6.07 Å². The maximum Gasteiger partial charge on any atom is 0.234 e. The first kappa shape index (κ1) is 14.9. The largest absolute Gasteiger partial charge is 0.338 e. The van der Waals surface area contributed by atoms with Crippen molar-refractivity contribution in [1.82, 2.24) is 10.1 Å². The van der Waals surface area contributed by atoms with E-state index < -0.39 is 0 Å². The molecule has 0 atom stereocenters. The number of rotatable bonds is 3. The van der Waals surface area contributed by atoms with Crippen molar-refractivity contribution in [3.8, 4) is 11.4 Å².